The number of nitrogens with zero attached hydrogens (tertiary/aromatic N) is 6. The fourth-order valence-electron chi connectivity index (χ4n) is 9.53. The Balaban J connectivity index is 0.854. The van der Waals surface area contributed by atoms with Crippen molar-refractivity contribution in [1.29, 1.82) is 5.26 Å². The van der Waals surface area contributed by atoms with Crippen LogP contribution in [0.4, 0.5) is 16.2 Å². The summed E-state index contributed by atoms with van der Waals surface area (Å²) in [5.74, 6) is -0.993. The molecule has 0 spiro atoms. The van der Waals surface area contributed by atoms with Gasteiger partial charge in [-0.15, -0.1) is 0 Å². The molecule has 0 radical (unpaired) electrons. The summed E-state index contributed by atoms with van der Waals surface area (Å²) in [5.41, 5.74) is 8.01. The summed E-state index contributed by atoms with van der Waals surface area (Å²) >= 11 is 0. The molecule has 286 valence electrons. The number of hydrogen-bond donors (Lipinski definition) is 2. The highest BCUT2D eigenvalue weighted by Gasteiger charge is 2.45. The van der Waals surface area contributed by atoms with E-state index in [4.69, 9.17) is 0 Å². The van der Waals surface area contributed by atoms with Crippen molar-refractivity contribution >= 4 is 51.8 Å². The van der Waals surface area contributed by atoms with Crippen LogP contribution < -0.4 is 15.1 Å². The highest BCUT2D eigenvalue weighted by Crippen LogP contribution is 2.46. The molecule has 0 atom stereocenters. The first-order chi connectivity index (χ1) is 27.0. The van der Waals surface area contributed by atoms with Gasteiger partial charge >= 0.3 is 6.03 Å². The van der Waals surface area contributed by atoms with E-state index in [1.165, 1.54) is 11.3 Å². The van der Waals surface area contributed by atoms with E-state index in [0.717, 1.165) is 103 Å². The number of aryl methyl sites for hydroxylation is 1. The number of carbonyl (C=O) groups is 5. The average Bonchev–Trinajstić information content (AvgIpc) is 3.72. The Morgan fingerprint density at radius 2 is 1.57 bits per heavy atom. The molecule has 0 bridgehead atoms. The third-order valence-corrected chi connectivity index (χ3v) is 12.6. The van der Waals surface area contributed by atoms with Crippen LogP contribution in [-0.4, -0.2) is 102 Å². The molecular weight excluding hydrogens is 709 g/mol. The molecule has 56 heavy (non-hydrogen) atoms. The lowest BCUT2D eigenvalue weighted by atomic mass is 9.70. The molecule has 5 heterocycles. The van der Waals surface area contributed by atoms with Crippen LogP contribution in [0.25, 0.3) is 10.9 Å². The summed E-state index contributed by atoms with van der Waals surface area (Å²) in [6, 6.07) is 16.6. The number of amides is 5. The van der Waals surface area contributed by atoms with E-state index < -0.39 is 29.2 Å². The number of anilines is 2. The van der Waals surface area contributed by atoms with Crippen molar-refractivity contribution in [2.75, 3.05) is 62.2 Å². The van der Waals surface area contributed by atoms with E-state index in [9.17, 15) is 29.2 Å². The second kappa shape index (κ2) is 13.3. The van der Waals surface area contributed by atoms with Gasteiger partial charge in [-0.05, 0) is 72.7 Å². The van der Waals surface area contributed by atoms with E-state index in [1.807, 2.05) is 18.2 Å². The Labute approximate surface area is 324 Å². The Bertz CT molecular complexity index is 2410. The van der Waals surface area contributed by atoms with Gasteiger partial charge in [0.05, 0.1) is 40.6 Å². The molecule has 4 aliphatic heterocycles. The van der Waals surface area contributed by atoms with Crippen LogP contribution in [0.2, 0.25) is 0 Å². The molecule has 3 saturated heterocycles. The maximum absolute atomic E-state index is 14.1. The zero-order chi connectivity index (χ0) is 39.0. The van der Waals surface area contributed by atoms with Gasteiger partial charge in [0.1, 0.15) is 0 Å². The second-order valence-electron chi connectivity index (χ2n) is 16.1. The van der Waals surface area contributed by atoms with Gasteiger partial charge in [0.15, 0.2) is 5.78 Å². The Kier molecular flexibility index (Phi) is 8.50. The lowest BCUT2D eigenvalue weighted by Gasteiger charge is -2.41. The molecule has 2 N–H and O–H groups in total. The van der Waals surface area contributed by atoms with Crippen LogP contribution in [0.3, 0.4) is 0 Å². The van der Waals surface area contributed by atoms with Gasteiger partial charge in [-0.25, -0.2) is 9.80 Å². The Morgan fingerprint density at radius 1 is 0.821 bits per heavy atom. The number of nitriles is 1. The summed E-state index contributed by atoms with van der Waals surface area (Å²) in [6.45, 7) is 12.6. The van der Waals surface area contributed by atoms with E-state index >= 15 is 0 Å². The van der Waals surface area contributed by atoms with Gasteiger partial charge in [-0.3, -0.25) is 29.4 Å². The molecule has 9 rings (SSSR count). The van der Waals surface area contributed by atoms with E-state index in [0.29, 0.717) is 28.3 Å². The molecule has 4 aromatic rings. The summed E-state index contributed by atoms with van der Waals surface area (Å²) < 4.78 is 0. The first kappa shape index (κ1) is 35.7. The predicted octanol–water partition coefficient (Wildman–Crippen LogP) is 4.96. The number of urea groups is 1. The molecule has 13 heteroatoms. The number of hydrogen-bond acceptors (Lipinski definition) is 9. The molecule has 1 aromatic heterocycles. The van der Waals surface area contributed by atoms with Gasteiger partial charge in [0.2, 0.25) is 5.91 Å². The van der Waals surface area contributed by atoms with Crippen molar-refractivity contribution in [2.45, 2.75) is 51.9 Å². The van der Waals surface area contributed by atoms with E-state index in [2.05, 4.69) is 64.0 Å². The average molecular weight is 753 g/mol. The number of aromatic nitrogens is 1. The molecule has 0 unspecified atom stereocenters. The van der Waals surface area contributed by atoms with Gasteiger partial charge in [0.25, 0.3) is 11.8 Å². The number of piperazine rings is 1. The van der Waals surface area contributed by atoms with Crippen LogP contribution >= 0.6 is 0 Å². The number of hydrazine groups is 1. The number of imide groups is 2. The van der Waals surface area contributed by atoms with Crippen LogP contribution in [0.5, 0.6) is 0 Å². The Morgan fingerprint density at radius 3 is 2.29 bits per heavy atom. The predicted molar refractivity (Wildman–Crippen MR) is 210 cm³/mol. The first-order valence-corrected chi connectivity index (χ1v) is 19.6. The van der Waals surface area contributed by atoms with Crippen molar-refractivity contribution in [3.63, 3.8) is 0 Å². The molecule has 3 aromatic carbocycles. The normalized spacial score (nSPS) is 20.0. The first-order valence-electron chi connectivity index (χ1n) is 19.6. The second-order valence-corrected chi connectivity index (χ2v) is 16.1. The topological polar surface area (TPSA) is 153 Å². The van der Waals surface area contributed by atoms with Crippen LogP contribution in [0, 0.1) is 17.2 Å². The monoisotopic (exact) mass is 752 g/mol. The summed E-state index contributed by atoms with van der Waals surface area (Å²) in [4.78, 5) is 76.0. The van der Waals surface area contributed by atoms with Gasteiger partial charge < -0.3 is 14.8 Å². The maximum atomic E-state index is 14.1. The number of nitrogens with one attached hydrogen (secondary N) is 2. The summed E-state index contributed by atoms with van der Waals surface area (Å²) in [6.07, 6.45) is 2.74. The SMILES string of the molecule is CCc1cc2c(cc1N1CCN(CC3CCN(c4cccc5c4C(=O)N(N4CCC(=O)NC4=O)C5=O)CC3)CC1)C(C)(C)c1[nH]c3cc(C#N)ccc3c1C2=O. The highest BCUT2D eigenvalue weighted by atomic mass is 16.2. The number of aromatic amines is 1. The van der Waals surface area contributed by atoms with Crippen LogP contribution in [-0.2, 0) is 16.6 Å². The minimum absolute atomic E-state index is 0.0168. The zero-order valence-corrected chi connectivity index (χ0v) is 31.9. The van der Waals surface area contributed by atoms with E-state index in [1.54, 1.807) is 18.2 Å². The van der Waals surface area contributed by atoms with Crippen molar-refractivity contribution in [3.8, 4) is 6.07 Å². The van der Waals surface area contributed by atoms with Gasteiger partial charge in [-0.1, -0.05) is 32.9 Å². The lowest BCUT2D eigenvalue weighted by molar-refractivity contribution is -0.122. The number of ketones is 1. The van der Waals surface area contributed by atoms with Gasteiger partial charge in [-0.2, -0.15) is 10.3 Å². The number of benzene rings is 3. The van der Waals surface area contributed by atoms with Crippen molar-refractivity contribution in [2.24, 2.45) is 5.92 Å². The lowest BCUT2D eigenvalue weighted by Crippen LogP contribution is -2.58. The maximum Gasteiger partial charge on any atom is 0.343 e. The number of piperidine rings is 1. The van der Waals surface area contributed by atoms with E-state index in [-0.39, 0.29) is 24.3 Å². The minimum Gasteiger partial charge on any atom is -0.371 e. The fraction of sp³-hybridized carbons (Fsp3) is 0.395. The van der Waals surface area contributed by atoms with Gasteiger partial charge in [0, 0.05) is 85.5 Å². The molecule has 13 nitrogen and oxygen atoms in total. The third-order valence-electron chi connectivity index (χ3n) is 12.6. The number of rotatable bonds is 6. The molecule has 1 aliphatic carbocycles. The number of carbonyl (C=O) groups excluding carboxylic acids is 5. The molecule has 5 amide bonds. The number of H-pyrrole nitrogens is 1. The summed E-state index contributed by atoms with van der Waals surface area (Å²) in [7, 11) is 0. The quantitative estimate of drug-likeness (QED) is 0.260. The largest absolute Gasteiger partial charge is 0.371 e. The Hall–Kier alpha value is -6.00. The van der Waals surface area contributed by atoms with Crippen LogP contribution in [0.1, 0.15) is 99.1 Å². The standard InChI is InChI=1S/C43H44N8O5/c1-4-27-21-30-31(43(2,3)39-37(38(30)53)28-9-8-26(23-44)20-32(28)45-39)22-34(27)49-18-16-47(17-19-49)24-25-10-13-48(14-11-25)33-7-5-6-29-36(33)41(55)51(40(29)54)50-15-12-35(52)46-42(50)56/h5-9,20-22,25,45H,4,10-19,24H2,1-3H3,(H,46,52,56). The molecule has 5 aliphatic rings. The zero-order valence-electron chi connectivity index (χ0n) is 31.9. The highest BCUT2D eigenvalue weighted by molar-refractivity contribution is 6.24. The summed E-state index contributed by atoms with van der Waals surface area (Å²) in [5, 5.41) is 14.4. The third kappa shape index (κ3) is 5.57. The smallest absolute Gasteiger partial charge is 0.343 e. The van der Waals surface area contributed by atoms with Crippen molar-refractivity contribution in [1.82, 2.24) is 25.2 Å². The fourth-order valence-corrected chi connectivity index (χ4v) is 9.53. The molecule has 0 saturated carbocycles. The van der Waals surface area contributed by atoms with Crippen molar-refractivity contribution in [3.05, 3.63) is 93.2 Å². The molecular formula is C43H44N8O5. The number of fused-ring (bicyclic) bond motifs is 5. The van der Waals surface area contributed by atoms with Crippen LogP contribution in [0.15, 0.2) is 48.5 Å². The van der Waals surface area contributed by atoms with Crippen molar-refractivity contribution < 1.29 is 24.0 Å². The molecule has 3 fully saturated rings. The minimum atomic E-state index is -0.769.